The fraction of sp³-hybridized carbons (Fsp3) is 0.135. The molecule has 196 valence electrons. The Labute approximate surface area is 242 Å². The molecule has 0 saturated carbocycles. The molecule has 0 bridgehead atoms. The van der Waals surface area contributed by atoms with Crippen LogP contribution in [0.5, 0.6) is 11.5 Å². The van der Waals surface area contributed by atoms with Gasteiger partial charge in [0.15, 0.2) is 0 Å². The molecule has 3 aliphatic rings. The van der Waals surface area contributed by atoms with E-state index in [9.17, 15) is 0 Å². The van der Waals surface area contributed by atoms with Crippen molar-refractivity contribution in [1.82, 2.24) is 4.57 Å². The summed E-state index contributed by atoms with van der Waals surface area (Å²) < 4.78 is 9.44. The summed E-state index contributed by atoms with van der Waals surface area (Å²) in [6.45, 7) is 2.73. The monoisotopic (exact) mass is 543 g/mol. The van der Waals surface area contributed by atoms with Gasteiger partial charge in [-0.05, 0) is 70.7 Å². The molecule has 0 amide bonds. The Bertz CT molecular complexity index is 2010. The minimum Gasteiger partial charge on any atom is -0.458 e. The number of nitrogens with zero attached hydrogens (tertiary/aromatic N) is 1. The van der Waals surface area contributed by atoms with Crippen LogP contribution in [0.25, 0.3) is 16.6 Å². The van der Waals surface area contributed by atoms with Gasteiger partial charge in [0.2, 0.25) is 0 Å². The molecule has 5 aromatic carbocycles. The molecule has 3 heterocycles. The van der Waals surface area contributed by atoms with Crippen molar-refractivity contribution < 1.29 is 4.74 Å². The molecule has 1 atom stereocenters. The third-order valence-electron chi connectivity index (χ3n) is 10.0. The van der Waals surface area contributed by atoms with Gasteiger partial charge in [-0.2, -0.15) is 0 Å². The molecular formula is C37H30BNOSi. The quantitative estimate of drug-likeness (QED) is 0.292. The Morgan fingerprint density at radius 2 is 1.41 bits per heavy atom. The van der Waals surface area contributed by atoms with Crippen LogP contribution in [0.2, 0.25) is 6.55 Å². The normalized spacial score (nSPS) is 18.2. The first-order valence-corrected chi connectivity index (χ1v) is 17.4. The molecule has 2 nitrogen and oxygen atoms in total. The third-order valence-corrected chi connectivity index (χ3v) is 14.5. The highest BCUT2D eigenvalue weighted by Crippen LogP contribution is 2.36. The van der Waals surface area contributed by atoms with Crippen molar-refractivity contribution in [3.05, 3.63) is 127 Å². The first-order chi connectivity index (χ1) is 20.2. The van der Waals surface area contributed by atoms with Crippen LogP contribution in [0.1, 0.15) is 24.1 Å². The number of aryl methyl sites for hydroxylation is 1. The van der Waals surface area contributed by atoms with E-state index in [4.69, 9.17) is 4.74 Å². The zero-order chi connectivity index (χ0) is 27.1. The van der Waals surface area contributed by atoms with E-state index in [1.165, 1.54) is 72.6 Å². The van der Waals surface area contributed by atoms with Gasteiger partial charge in [0.25, 0.3) is 6.71 Å². The Hall–Kier alpha value is -4.28. The summed E-state index contributed by atoms with van der Waals surface area (Å²) in [5, 5.41) is 5.86. The van der Waals surface area contributed by atoms with Crippen molar-refractivity contribution in [2.24, 2.45) is 0 Å². The number of benzene rings is 5. The fourth-order valence-electron chi connectivity index (χ4n) is 8.17. The molecule has 9 rings (SSSR count). The molecule has 0 N–H and O–H groups in total. The molecule has 0 saturated heterocycles. The Kier molecular flexibility index (Phi) is 4.92. The van der Waals surface area contributed by atoms with Gasteiger partial charge in [0, 0.05) is 22.8 Å². The molecule has 0 radical (unpaired) electrons. The van der Waals surface area contributed by atoms with Gasteiger partial charge < -0.3 is 9.30 Å². The van der Waals surface area contributed by atoms with Crippen LogP contribution in [0.3, 0.4) is 0 Å². The van der Waals surface area contributed by atoms with Gasteiger partial charge >= 0.3 is 0 Å². The van der Waals surface area contributed by atoms with E-state index in [1.54, 1.807) is 0 Å². The summed E-state index contributed by atoms with van der Waals surface area (Å²) in [5.41, 5.74) is 9.66. The lowest BCUT2D eigenvalue weighted by molar-refractivity contribution is 0.487. The molecule has 2 aliphatic heterocycles. The predicted molar refractivity (Wildman–Crippen MR) is 174 cm³/mol. The number of para-hydroxylation sites is 2. The predicted octanol–water partition coefficient (Wildman–Crippen LogP) is 4.54. The van der Waals surface area contributed by atoms with E-state index in [0.717, 1.165) is 24.3 Å². The molecule has 1 unspecified atom stereocenters. The zero-order valence-electron chi connectivity index (χ0n) is 23.2. The molecule has 1 aliphatic carbocycles. The molecule has 1 aromatic heterocycles. The van der Waals surface area contributed by atoms with Crippen molar-refractivity contribution in [2.45, 2.75) is 32.2 Å². The minimum atomic E-state index is -2.37. The second kappa shape index (κ2) is 8.61. The van der Waals surface area contributed by atoms with Crippen molar-refractivity contribution in [3.63, 3.8) is 0 Å². The fourth-order valence-corrected chi connectivity index (χ4v) is 12.4. The lowest BCUT2D eigenvalue weighted by Gasteiger charge is -2.43. The first-order valence-electron chi connectivity index (χ1n) is 14.9. The topological polar surface area (TPSA) is 14.2 Å². The molecule has 0 spiro atoms. The van der Waals surface area contributed by atoms with Crippen LogP contribution < -0.4 is 36.7 Å². The summed E-state index contributed by atoms with van der Waals surface area (Å²) >= 11 is 0. The summed E-state index contributed by atoms with van der Waals surface area (Å²) in [7, 11) is -2.37. The zero-order valence-corrected chi connectivity index (χ0v) is 24.2. The minimum absolute atomic E-state index is 0.176. The maximum atomic E-state index is 6.87. The molecule has 0 fully saturated rings. The van der Waals surface area contributed by atoms with E-state index >= 15 is 0 Å². The molecule has 6 aromatic rings. The highest BCUT2D eigenvalue weighted by Gasteiger charge is 2.49. The second-order valence-corrected chi connectivity index (χ2v) is 15.9. The summed E-state index contributed by atoms with van der Waals surface area (Å²) in [4.78, 5) is 0. The number of ether oxygens (including phenoxy) is 1. The number of rotatable bonds is 2. The lowest BCUT2D eigenvalue weighted by atomic mass is 9.35. The van der Waals surface area contributed by atoms with Crippen LogP contribution in [0, 0.1) is 0 Å². The third kappa shape index (κ3) is 3.14. The van der Waals surface area contributed by atoms with Crippen molar-refractivity contribution >= 4 is 57.6 Å². The van der Waals surface area contributed by atoms with Gasteiger partial charge in [-0.25, -0.2) is 0 Å². The van der Waals surface area contributed by atoms with E-state index < -0.39 is 8.07 Å². The molecular weight excluding hydrogens is 513 g/mol. The Morgan fingerprint density at radius 1 is 0.683 bits per heavy atom. The van der Waals surface area contributed by atoms with Gasteiger partial charge in [0.1, 0.15) is 19.6 Å². The highest BCUT2D eigenvalue weighted by molar-refractivity contribution is 7.20. The van der Waals surface area contributed by atoms with Gasteiger partial charge in [0.05, 0.1) is 5.52 Å². The van der Waals surface area contributed by atoms with Crippen molar-refractivity contribution in [1.29, 1.82) is 0 Å². The number of hydrogen-bond acceptors (Lipinski definition) is 1. The van der Waals surface area contributed by atoms with E-state index in [2.05, 4.69) is 126 Å². The summed E-state index contributed by atoms with van der Waals surface area (Å²) in [6.07, 6.45) is 4.81. The maximum Gasteiger partial charge on any atom is 0.250 e. The number of hydrogen-bond donors (Lipinski definition) is 0. The van der Waals surface area contributed by atoms with Gasteiger partial charge in [-0.1, -0.05) is 108 Å². The highest BCUT2D eigenvalue weighted by atomic mass is 28.3. The number of aromatic nitrogens is 1. The first kappa shape index (κ1) is 23.4. The van der Waals surface area contributed by atoms with Gasteiger partial charge in [-0.15, -0.1) is 0 Å². The van der Waals surface area contributed by atoms with E-state index in [0.29, 0.717) is 0 Å². The Morgan fingerprint density at radius 3 is 2.32 bits per heavy atom. The molecule has 4 heteroatoms. The SMILES string of the molecule is C[Si]1(c2ccccc2)c2ccccc2B2c3ccccc3Oc3cc(-n4c5c(c6ccccc64)CCCC5)cc1c32. The van der Waals surface area contributed by atoms with Crippen LogP contribution in [0.4, 0.5) is 0 Å². The lowest BCUT2D eigenvalue weighted by Crippen LogP contribution is -2.81. The van der Waals surface area contributed by atoms with E-state index in [1.807, 2.05) is 0 Å². The van der Waals surface area contributed by atoms with Crippen LogP contribution in [-0.4, -0.2) is 19.4 Å². The van der Waals surface area contributed by atoms with Crippen LogP contribution in [0.15, 0.2) is 115 Å². The summed E-state index contributed by atoms with van der Waals surface area (Å²) in [5.74, 6) is 2.00. The second-order valence-electron chi connectivity index (χ2n) is 12.0. The van der Waals surface area contributed by atoms with Crippen molar-refractivity contribution in [3.8, 4) is 17.2 Å². The Balaban J connectivity index is 1.41. The van der Waals surface area contributed by atoms with Crippen LogP contribution >= 0.6 is 0 Å². The summed E-state index contributed by atoms with van der Waals surface area (Å²) in [6, 6.07) is 43.1. The number of fused-ring (bicyclic) bond motifs is 7. The van der Waals surface area contributed by atoms with Crippen molar-refractivity contribution in [2.75, 3.05) is 0 Å². The molecule has 41 heavy (non-hydrogen) atoms. The maximum absolute atomic E-state index is 6.87. The standard InChI is InChI=1S/C37H30BNOSi/c1-41(26-13-3-2-4-14-26)35-22-12-8-18-30(35)38-29-17-7-11-21-33(29)40-34-23-25(24-36(41)37(34)38)39-31-19-9-5-15-27(31)28-16-6-10-20-32(28)39/h2-5,7-9,11-15,17-19,21-24H,6,10,16,20H2,1H3. The van der Waals surface area contributed by atoms with Gasteiger partial charge in [-0.3, -0.25) is 0 Å². The van der Waals surface area contributed by atoms with Crippen LogP contribution in [-0.2, 0) is 12.8 Å². The average molecular weight is 544 g/mol. The average Bonchev–Trinajstić information content (AvgIpc) is 3.37. The van der Waals surface area contributed by atoms with E-state index in [-0.39, 0.29) is 6.71 Å². The smallest absolute Gasteiger partial charge is 0.250 e. The largest absolute Gasteiger partial charge is 0.458 e.